The zero-order valence-corrected chi connectivity index (χ0v) is 22.9. The van der Waals surface area contributed by atoms with Crippen molar-refractivity contribution in [3.8, 4) is 22.7 Å². The summed E-state index contributed by atoms with van der Waals surface area (Å²) in [5, 5.41) is 13.6. The SMILES string of the molecule is CNS(=O)(=O)c1ccc(-n2nc(NCCN3CCOCC3)c3cnc(-c4cnn5cccnc45)cc32)c(OC)c1. The number of nitrogens with one attached hydrogen (secondary N) is 2. The van der Waals surface area contributed by atoms with Crippen LogP contribution in [0.25, 0.3) is 33.5 Å². The molecule has 0 saturated carbocycles. The Kier molecular flexibility index (Phi) is 7.06. The highest BCUT2D eigenvalue weighted by Crippen LogP contribution is 2.33. The molecule has 0 atom stereocenters. The van der Waals surface area contributed by atoms with Crippen molar-refractivity contribution in [2.75, 3.05) is 58.9 Å². The minimum Gasteiger partial charge on any atom is -0.494 e. The molecule has 0 radical (unpaired) electrons. The Morgan fingerprint density at radius 1 is 1.12 bits per heavy atom. The van der Waals surface area contributed by atoms with Gasteiger partial charge in [-0.05, 0) is 31.3 Å². The van der Waals surface area contributed by atoms with Crippen LogP contribution in [0, 0.1) is 0 Å². The number of methoxy groups -OCH3 is 1. The van der Waals surface area contributed by atoms with Gasteiger partial charge in [0.15, 0.2) is 11.5 Å². The molecule has 13 nitrogen and oxygen atoms in total. The second kappa shape index (κ2) is 10.8. The van der Waals surface area contributed by atoms with Crippen LogP contribution in [0.1, 0.15) is 0 Å². The zero-order chi connectivity index (χ0) is 27.7. The van der Waals surface area contributed by atoms with Gasteiger partial charge in [-0.15, -0.1) is 5.10 Å². The number of aromatic nitrogens is 6. The minimum atomic E-state index is -3.66. The first-order valence-corrected chi connectivity index (χ1v) is 14.3. The van der Waals surface area contributed by atoms with Gasteiger partial charge in [0.05, 0.1) is 53.6 Å². The standard InChI is InChI=1S/C26H29N9O4S/c1-27-40(36,37)18-4-5-22(24(14-18)38-2)35-23-15-21(19-17-31-34-8-3-6-29-26(19)34)30-16-20(23)25(32-35)28-7-9-33-10-12-39-13-11-33/h3-6,8,14-17,27H,7,9-13H2,1-2H3,(H,28,32). The number of rotatable bonds is 9. The molecule has 0 aliphatic carbocycles. The molecule has 1 fully saturated rings. The first-order valence-electron chi connectivity index (χ1n) is 12.8. The Bertz CT molecular complexity index is 1780. The molecule has 1 aliphatic heterocycles. The number of anilines is 1. The highest BCUT2D eigenvalue weighted by atomic mass is 32.2. The molecule has 14 heteroatoms. The molecule has 5 aromatic rings. The van der Waals surface area contributed by atoms with Gasteiger partial charge in [0.1, 0.15) is 11.4 Å². The maximum absolute atomic E-state index is 12.4. The number of hydrogen-bond donors (Lipinski definition) is 2. The van der Waals surface area contributed by atoms with Crippen LogP contribution in [0.5, 0.6) is 5.75 Å². The predicted octanol–water partition coefficient (Wildman–Crippen LogP) is 1.79. The average molecular weight is 564 g/mol. The Morgan fingerprint density at radius 2 is 1.98 bits per heavy atom. The molecule has 1 saturated heterocycles. The van der Waals surface area contributed by atoms with Crippen molar-refractivity contribution in [2.45, 2.75) is 4.90 Å². The van der Waals surface area contributed by atoms with E-state index in [-0.39, 0.29) is 4.90 Å². The topological polar surface area (TPSA) is 141 Å². The lowest BCUT2D eigenvalue weighted by molar-refractivity contribution is 0.0398. The molecular weight excluding hydrogens is 534 g/mol. The molecule has 1 aromatic carbocycles. The summed E-state index contributed by atoms with van der Waals surface area (Å²) in [5.41, 5.74) is 3.48. The number of ether oxygens (including phenoxy) is 2. The van der Waals surface area contributed by atoms with E-state index in [9.17, 15) is 8.42 Å². The monoisotopic (exact) mass is 563 g/mol. The zero-order valence-electron chi connectivity index (χ0n) is 22.1. The lowest BCUT2D eigenvalue weighted by atomic mass is 10.2. The summed E-state index contributed by atoms with van der Waals surface area (Å²) in [6, 6.07) is 8.44. The maximum Gasteiger partial charge on any atom is 0.240 e. The Morgan fingerprint density at radius 3 is 2.77 bits per heavy atom. The van der Waals surface area contributed by atoms with Crippen LogP contribution < -0.4 is 14.8 Å². The van der Waals surface area contributed by atoms with Crippen LogP contribution in [0.15, 0.2) is 60.0 Å². The normalized spacial score (nSPS) is 14.7. The lowest BCUT2D eigenvalue weighted by Gasteiger charge is -2.26. The molecule has 2 N–H and O–H groups in total. The molecule has 1 aliphatic rings. The Labute approximate surface area is 230 Å². The summed E-state index contributed by atoms with van der Waals surface area (Å²) in [6.45, 7) is 4.80. The van der Waals surface area contributed by atoms with Gasteiger partial charge in [-0.25, -0.2) is 27.3 Å². The number of fused-ring (bicyclic) bond motifs is 2. The quantitative estimate of drug-likeness (QED) is 0.273. The van der Waals surface area contributed by atoms with E-state index in [4.69, 9.17) is 19.6 Å². The number of hydrogen-bond acceptors (Lipinski definition) is 10. The Hall–Kier alpha value is -4.11. The third-order valence-electron chi connectivity index (χ3n) is 6.90. The van der Waals surface area contributed by atoms with Crippen LogP contribution in [0.4, 0.5) is 5.82 Å². The number of benzene rings is 1. The Balaban J connectivity index is 1.44. The van der Waals surface area contributed by atoms with Crippen molar-refractivity contribution < 1.29 is 17.9 Å². The van der Waals surface area contributed by atoms with Gasteiger partial charge >= 0.3 is 0 Å². The van der Waals surface area contributed by atoms with E-state index in [1.54, 1.807) is 33.9 Å². The fourth-order valence-corrected chi connectivity index (χ4v) is 5.50. The fourth-order valence-electron chi connectivity index (χ4n) is 4.75. The first-order chi connectivity index (χ1) is 19.5. The van der Waals surface area contributed by atoms with Gasteiger partial charge in [-0.3, -0.25) is 9.88 Å². The van der Waals surface area contributed by atoms with Gasteiger partial charge < -0.3 is 14.8 Å². The van der Waals surface area contributed by atoms with Crippen LogP contribution in [-0.4, -0.2) is 96.2 Å². The van der Waals surface area contributed by atoms with Gasteiger partial charge in [0, 0.05) is 50.8 Å². The first kappa shape index (κ1) is 26.1. The number of morpholine rings is 1. The van der Waals surface area contributed by atoms with Crippen LogP contribution >= 0.6 is 0 Å². The molecule has 208 valence electrons. The van der Waals surface area contributed by atoms with Gasteiger partial charge in [-0.2, -0.15) is 5.10 Å². The van der Waals surface area contributed by atoms with Crippen LogP contribution in [0.2, 0.25) is 0 Å². The van der Waals surface area contributed by atoms with E-state index < -0.39 is 10.0 Å². The molecule has 4 aromatic heterocycles. The molecule has 0 unspecified atom stereocenters. The molecule has 5 heterocycles. The van der Waals surface area contributed by atoms with Gasteiger partial charge in [-0.1, -0.05) is 0 Å². The van der Waals surface area contributed by atoms with E-state index in [0.29, 0.717) is 35.1 Å². The fraction of sp³-hybridized carbons (Fsp3) is 0.308. The van der Waals surface area contributed by atoms with Crippen molar-refractivity contribution >= 4 is 32.4 Å². The van der Waals surface area contributed by atoms with Crippen LogP contribution in [0.3, 0.4) is 0 Å². The molecule has 0 spiro atoms. The van der Waals surface area contributed by atoms with E-state index in [1.807, 2.05) is 18.3 Å². The highest BCUT2D eigenvalue weighted by Gasteiger charge is 2.21. The smallest absolute Gasteiger partial charge is 0.240 e. The highest BCUT2D eigenvalue weighted by molar-refractivity contribution is 7.89. The average Bonchev–Trinajstić information content (AvgIpc) is 3.59. The summed E-state index contributed by atoms with van der Waals surface area (Å²) >= 11 is 0. The summed E-state index contributed by atoms with van der Waals surface area (Å²) in [6.07, 6.45) is 7.06. The molecule has 6 rings (SSSR count). The van der Waals surface area contributed by atoms with E-state index >= 15 is 0 Å². The number of pyridine rings is 1. The molecule has 40 heavy (non-hydrogen) atoms. The van der Waals surface area contributed by atoms with Crippen LogP contribution in [-0.2, 0) is 14.8 Å². The third kappa shape index (κ3) is 4.86. The summed E-state index contributed by atoms with van der Waals surface area (Å²) < 4.78 is 41.7. The number of sulfonamides is 1. The summed E-state index contributed by atoms with van der Waals surface area (Å²) in [4.78, 5) is 11.6. The van der Waals surface area contributed by atoms with E-state index in [2.05, 4.69) is 25.0 Å². The second-order valence-corrected chi connectivity index (χ2v) is 11.1. The van der Waals surface area contributed by atoms with E-state index in [0.717, 1.165) is 49.3 Å². The lowest BCUT2D eigenvalue weighted by Crippen LogP contribution is -2.39. The van der Waals surface area contributed by atoms with Gasteiger partial charge in [0.25, 0.3) is 0 Å². The van der Waals surface area contributed by atoms with Crippen molar-refractivity contribution in [3.05, 3.63) is 55.1 Å². The maximum atomic E-state index is 12.4. The largest absolute Gasteiger partial charge is 0.494 e. The minimum absolute atomic E-state index is 0.0932. The van der Waals surface area contributed by atoms with Crippen molar-refractivity contribution in [1.29, 1.82) is 0 Å². The summed E-state index contributed by atoms with van der Waals surface area (Å²) in [5.74, 6) is 1.02. The third-order valence-corrected chi connectivity index (χ3v) is 8.32. The predicted molar refractivity (Wildman–Crippen MR) is 149 cm³/mol. The molecular formula is C26H29N9O4S. The van der Waals surface area contributed by atoms with Gasteiger partial charge in [0.2, 0.25) is 10.0 Å². The second-order valence-electron chi connectivity index (χ2n) is 9.22. The molecule has 0 bridgehead atoms. The number of nitrogens with zero attached hydrogens (tertiary/aromatic N) is 7. The molecule has 0 amide bonds. The van der Waals surface area contributed by atoms with E-state index in [1.165, 1.54) is 26.3 Å². The van der Waals surface area contributed by atoms with Crippen molar-refractivity contribution in [2.24, 2.45) is 0 Å². The summed E-state index contributed by atoms with van der Waals surface area (Å²) in [7, 11) is -0.789. The van der Waals surface area contributed by atoms with Crippen molar-refractivity contribution in [1.82, 2.24) is 39.0 Å². The van der Waals surface area contributed by atoms with Crippen molar-refractivity contribution in [3.63, 3.8) is 0 Å².